The van der Waals surface area contributed by atoms with Crippen LogP contribution < -0.4 is 5.32 Å². The first-order valence-electron chi connectivity index (χ1n) is 8.37. The molecule has 1 N–H and O–H groups in total. The van der Waals surface area contributed by atoms with Gasteiger partial charge < -0.3 is 9.73 Å². The van der Waals surface area contributed by atoms with E-state index in [-0.39, 0.29) is 17.9 Å². The Balaban J connectivity index is 1.62. The van der Waals surface area contributed by atoms with Gasteiger partial charge in [0.25, 0.3) is 5.91 Å². The quantitative estimate of drug-likeness (QED) is 0.879. The Morgan fingerprint density at radius 1 is 1.24 bits per heavy atom. The van der Waals surface area contributed by atoms with Gasteiger partial charge in [-0.25, -0.2) is 5.01 Å². The van der Waals surface area contributed by atoms with Gasteiger partial charge >= 0.3 is 0 Å². The van der Waals surface area contributed by atoms with Crippen molar-refractivity contribution in [1.29, 1.82) is 0 Å². The number of nitrogens with zero attached hydrogens (tertiary/aromatic N) is 2. The highest BCUT2D eigenvalue weighted by Gasteiger charge is 2.25. The minimum atomic E-state index is -0.232. The molecule has 1 aliphatic heterocycles. The first-order chi connectivity index (χ1) is 12.1. The van der Waals surface area contributed by atoms with E-state index in [9.17, 15) is 9.59 Å². The van der Waals surface area contributed by atoms with Crippen LogP contribution in [0.15, 0.2) is 58.2 Å². The van der Waals surface area contributed by atoms with Gasteiger partial charge in [0.05, 0.1) is 12.8 Å². The second kappa shape index (κ2) is 7.79. The number of hydrogen-bond donors (Lipinski definition) is 1. The van der Waals surface area contributed by atoms with E-state index in [4.69, 9.17) is 4.42 Å². The Morgan fingerprint density at radius 2 is 2.04 bits per heavy atom. The number of hydrazone groups is 1. The van der Waals surface area contributed by atoms with Gasteiger partial charge in [-0.3, -0.25) is 9.59 Å². The monoisotopic (exact) mass is 339 g/mol. The summed E-state index contributed by atoms with van der Waals surface area (Å²) in [5.74, 6) is 0.521. The van der Waals surface area contributed by atoms with Gasteiger partial charge in [-0.2, -0.15) is 5.10 Å². The first kappa shape index (κ1) is 17.0. The van der Waals surface area contributed by atoms with Gasteiger partial charge in [0.1, 0.15) is 11.5 Å². The van der Waals surface area contributed by atoms with Crippen LogP contribution in [-0.2, 0) is 22.6 Å². The molecule has 25 heavy (non-hydrogen) atoms. The Labute approximate surface area is 146 Å². The SMILES string of the molecule is CC(Cc1ccco1)NC(=O)C1=NN(Cc2ccccc2)C(=O)CC1. The number of nitrogens with one attached hydrogen (secondary N) is 1. The number of amides is 2. The number of carbonyl (C=O) groups is 2. The van der Waals surface area contributed by atoms with Crippen LogP contribution in [0.3, 0.4) is 0 Å². The maximum atomic E-state index is 12.4. The van der Waals surface area contributed by atoms with Gasteiger partial charge in [-0.05, 0) is 24.6 Å². The van der Waals surface area contributed by atoms with Crippen LogP contribution in [0.5, 0.6) is 0 Å². The molecule has 2 heterocycles. The minimum Gasteiger partial charge on any atom is -0.469 e. The molecule has 2 aromatic rings. The molecule has 0 saturated carbocycles. The van der Waals surface area contributed by atoms with Crippen molar-refractivity contribution in [1.82, 2.24) is 10.3 Å². The summed E-state index contributed by atoms with van der Waals surface area (Å²) in [6, 6.07) is 13.2. The maximum Gasteiger partial charge on any atom is 0.267 e. The van der Waals surface area contributed by atoms with Gasteiger partial charge in [-0.1, -0.05) is 30.3 Å². The Kier molecular flexibility index (Phi) is 5.28. The molecule has 1 atom stereocenters. The number of benzene rings is 1. The summed E-state index contributed by atoms with van der Waals surface area (Å²) in [7, 11) is 0. The average molecular weight is 339 g/mol. The summed E-state index contributed by atoms with van der Waals surface area (Å²) in [5, 5.41) is 8.57. The normalized spacial score (nSPS) is 15.6. The lowest BCUT2D eigenvalue weighted by atomic mass is 10.1. The Bertz CT molecular complexity index is 753. The van der Waals surface area contributed by atoms with Gasteiger partial charge in [0, 0.05) is 25.3 Å². The van der Waals surface area contributed by atoms with Crippen molar-refractivity contribution < 1.29 is 14.0 Å². The van der Waals surface area contributed by atoms with Crippen LogP contribution in [-0.4, -0.2) is 28.6 Å². The predicted molar refractivity (Wildman–Crippen MR) is 93.7 cm³/mol. The predicted octanol–water partition coefficient (Wildman–Crippen LogP) is 2.51. The van der Waals surface area contributed by atoms with E-state index in [2.05, 4.69) is 10.4 Å². The molecular weight excluding hydrogens is 318 g/mol. The summed E-state index contributed by atoms with van der Waals surface area (Å²) < 4.78 is 5.29. The third-order valence-electron chi connectivity index (χ3n) is 4.01. The van der Waals surface area contributed by atoms with Gasteiger partial charge in [0.15, 0.2) is 0 Å². The lowest BCUT2D eigenvalue weighted by Gasteiger charge is -2.24. The van der Waals surface area contributed by atoms with E-state index in [0.29, 0.717) is 31.5 Å². The zero-order chi connectivity index (χ0) is 17.6. The van der Waals surface area contributed by atoms with Crippen LogP contribution >= 0.6 is 0 Å². The van der Waals surface area contributed by atoms with Crippen LogP contribution in [0.1, 0.15) is 31.1 Å². The van der Waals surface area contributed by atoms with Crippen LogP contribution in [0.2, 0.25) is 0 Å². The molecule has 0 radical (unpaired) electrons. The standard InChI is InChI=1S/C19H21N3O3/c1-14(12-16-8-5-11-25-16)20-19(24)17-9-10-18(23)22(21-17)13-15-6-3-2-4-7-15/h2-8,11,14H,9-10,12-13H2,1H3,(H,20,24). The molecule has 1 unspecified atom stereocenters. The van der Waals surface area contributed by atoms with Crippen molar-refractivity contribution in [2.45, 2.75) is 38.8 Å². The third kappa shape index (κ3) is 4.56. The lowest BCUT2D eigenvalue weighted by molar-refractivity contribution is -0.132. The first-order valence-corrected chi connectivity index (χ1v) is 8.37. The van der Waals surface area contributed by atoms with Crippen LogP contribution in [0, 0.1) is 0 Å². The van der Waals surface area contributed by atoms with Crippen molar-refractivity contribution in [2.24, 2.45) is 5.10 Å². The highest BCUT2D eigenvalue weighted by molar-refractivity contribution is 6.39. The lowest BCUT2D eigenvalue weighted by Crippen LogP contribution is -2.42. The zero-order valence-corrected chi connectivity index (χ0v) is 14.1. The van der Waals surface area contributed by atoms with Gasteiger partial charge in [0.2, 0.25) is 5.91 Å². The Hall–Kier alpha value is -2.89. The maximum absolute atomic E-state index is 12.4. The molecular formula is C19H21N3O3. The summed E-state index contributed by atoms with van der Waals surface area (Å²) in [6.07, 6.45) is 2.88. The molecule has 1 aliphatic rings. The Morgan fingerprint density at radius 3 is 2.76 bits per heavy atom. The molecule has 1 aromatic carbocycles. The van der Waals surface area contributed by atoms with Crippen molar-refractivity contribution in [2.75, 3.05) is 0 Å². The molecule has 6 nitrogen and oxygen atoms in total. The number of rotatable bonds is 6. The van der Waals surface area contributed by atoms with E-state index in [0.717, 1.165) is 11.3 Å². The largest absolute Gasteiger partial charge is 0.469 e. The summed E-state index contributed by atoms with van der Waals surface area (Å²) >= 11 is 0. The van der Waals surface area contributed by atoms with E-state index >= 15 is 0 Å². The fourth-order valence-electron chi connectivity index (χ4n) is 2.73. The molecule has 130 valence electrons. The molecule has 0 aliphatic carbocycles. The van der Waals surface area contributed by atoms with Crippen LogP contribution in [0.4, 0.5) is 0 Å². The summed E-state index contributed by atoms with van der Waals surface area (Å²) in [5.41, 5.74) is 1.37. The summed E-state index contributed by atoms with van der Waals surface area (Å²) in [6.45, 7) is 2.29. The number of carbonyl (C=O) groups excluding carboxylic acids is 2. The molecule has 0 saturated heterocycles. The van der Waals surface area contributed by atoms with Crippen molar-refractivity contribution in [3.8, 4) is 0 Å². The highest BCUT2D eigenvalue weighted by Crippen LogP contribution is 2.14. The minimum absolute atomic E-state index is 0.0657. The second-order valence-corrected chi connectivity index (χ2v) is 6.14. The average Bonchev–Trinajstić information content (AvgIpc) is 3.10. The van der Waals surface area contributed by atoms with Crippen molar-refractivity contribution in [3.63, 3.8) is 0 Å². The molecule has 0 fully saturated rings. The molecule has 3 rings (SSSR count). The number of furan rings is 1. The molecule has 0 bridgehead atoms. The molecule has 6 heteroatoms. The van der Waals surface area contributed by atoms with Crippen molar-refractivity contribution in [3.05, 3.63) is 60.1 Å². The van der Waals surface area contributed by atoms with E-state index < -0.39 is 0 Å². The third-order valence-corrected chi connectivity index (χ3v) is 4.01. The van der Waals surface area contributed by atoms with Crippen molar-refractivity contribution >= 4 is 17.5 Å². The van der Waals surface area contributed by atoms with E-state index in [1.165, 1.54) is 5.01 Å². The second-order valence-electron chi connectivity index (χ2n) is 6.14. The molecule has 1 aromatic heterocycles. The fraction of sp³-hybridized carbons (Fsp3) is 0.316. The smallest absolute Gasteiger partial charge is 0.267 e. The van der Waals surface area contributed by atoms with Gasteiger partial charge in [-0.15, -0.1) is 0 Å². The van der Waals surface area contributed by atoms with Crippen LogP contribution in [0.25, 0.3) is 0 Å². The molecule has 0 spiro atoms. The van der Waals surface area contributed by atoms with E-state index in [1.54, 1.807) is 6.26 Å². The van der Waals surface area contributed by atoms with E-state index in [1.807, 2.05) is 49.4 Å². The number of hydrogen-bond acceptors (Lipinski definition) is 4. The molecule has 2 amide bonds. The topological polar surface area (TPSA) is 74.9 Å². The summed E-state index contributed by atoms with van der Waals surface area (Å²) in [4.78, 5) is 24.5. The fourth-order valence-corrected chi connectivity index (χ4v) is 2.73. The zero-order valence-electron chi connectivity index (χ0n) is 14.1. The highest BCUT2D eigenvalue weighted by atomic mass is 16.3.